The number of carbonyl (C=O) groups is 1. The van der Waals surface area contributed by atoms with Gasteiger partial charge < -0.3 is 10.5 Å². The number of rotatable bonds is 7. The van der Waals surface area contributed by atoms with Crippen LogP contribution in [0.25, 0.3) is 0 Å². The van der Waals surface area contributed by atoms with Crippen molar-refractivity contribution in [2.24, 2.45) is 0 Å². The molecule has 0 atom stereocenters. The summed E-state index contributed by atoms with van der Waals surface area (Å²) in [7, 11) is 1.56. The monoisotopic (exact) mass is 298 g/mol. The fraction of sp³-hybridized carbons (Fsp3) is 0.278. The number of nitrogen functional groups attached to an aromatic ring is 1. The SMILES string of the molecule is CCN(CC(=O)c1ccc(OC)c(N)c1)Cc1ccccc1. The number of nitrogens with zero attached hydrogens (tertiary/aromatic N) is 1. The van der Waals surface area contributed by atoms with Crippen molar-refractivity contribution in [1.29, 1.82) is 0 Å². The minimum atomic E-state index is 0.0622. The number of anilines is 1. The highest BCUT2D eigenvalue weighted by atomic mass is 16.5. The zero-order chi connectivity index (χ0) is 15.9. The summed E-state index contributed by atoms with van der Waals surface area (Å²) in [5, 5.41) is 0. The summed E-state index contributed by atoms with van der Waals surface area (Å²) in [6.07, 6.45) is 0. The second kappa shape index (κ2) is 7.61. The van der Waals surface area contributed by atoms with E-state index in [0.29, 0.717) is 23.5 Å². The van der Waals surface area contributed by atoms with E-state index >= 15 is 0 Å². The Morgan fingerprint density at radius 2 is 1.91 bits per heavy atom. The van der Waals surface area contributed by atoms with E-state index in [9.17, 15) is 4.79 Å². The number of hydrogen-bond acceptors (Lipinski definition) is 4. The number of methoxy groups -OCH3 is 1. The van der Waals surface area contributed by atoms with Gasteiger partial charge in [-0.25, -0.2) is 0 Å². The molecular weight excluding hydrogens is 276 g/mol. The van der Waals surface area contributed by atoms with Gasteiger partial charge in [-0.05, 0) is 30.3 Å². The largest absolute Gasteiger partial charge is 0.495 e. The van der Waals surface area contributed by atoms with Gasteiger partial charge in [0.15, 0.2) is 5.78 Å². The predicted molar refractivity (Wildman–Crippen MR) is 89.1 cm³/mol. The molecule has 4 nitrogen and oxygen atoms in total. The van der Waals surface area contributed by atoms with Crippen LogP contribution in [-0.2, 0) is 6.54 Å². The third-order valence-electron chi connectivity index (χ3n) is 3.62. The first-order valence-electron chi connectivity index (χ1n) is 7.37. The topological polar surface area (TPSA) is 55.6 Å². The second-order valence-corrected chi connectivity index (χ2v) is 5.17. The van der Waals surface area contributed by atoms with Crippen LogP contribution in [0.3, 0.4) is 0 Å². The third kappa shape index (κ3) is 4.09. The first-order chi connectivity index (χ1) is 10.6. The van der Waals surface area contributed by atoms with E-state index in [4.69, 9.17) is 10.5 Å². The van der Waals surface area contributed by atoms with Crippen molar-refractivity contribution in [3.05, 3.63) is 59.7 Å². The number of Topliss-reactive ketones (excluding diaryl/α,β-unsaturated/α-hetero) is 1. The van der Waals surface area contributed by atoms with E-state index in [1.807, 2.05) is 18.2 Å². The minimum absolute atomic E-state index is 0.0622. The molecular formula is C18H22N2O2. The Kier molecular flexibility index (Phi) is 5.55. The molecule has 0 aliphatic carbocycles. The van der Waals surface area contributed by atoms with Crippen LogP contribution < -0.4 is 10.5 Å². The van der Waals surface area contributed by atoms with Crippen molar-refractivity contribution in [1.82, 2.24) is 4.90 Å². The van der Waals surface area contributed by atoms with Gasteiger partial charge in [-0.15, -0.1) is 0 Å². The number of hydrogen-bond donors (Lipinski definition) is 1. The number of carbonyl (C=O) groups excluding carboxylic acids is 1. The van der Waals surface area contributed by atoms with E-state index in [2.05, 4.69) is 24.0 Å². The standard InChI is InChI=1S/C18H22N2O2/c1-3-20(12-14-7-5-4-6-8-14)13-17(21)15-9-10-18(22-2)16(19)11-15/h4-11H,3,12-13,19H2,1-2H3. The van der Waals surface area contributed by atoms with E-state index in [1.165, 1.54) is 5.56 Å². The molecule has 0 saturated heterocycles. The summed E-state index contributed by atoms with van der Waals surface area (Å²) < 4.78 is 5.11. The lowest BCUT2D eigenvalue weighted by Gasteiger charge is -2.19. The Morgan fingerprint density at radius 1 is 1.18 bits per heavy atom. The second-order valence-electron chi connectivity index (χ2n) is 5.17. The molecule has 0 aliphatic heterocycles. The van der Waals surface area contributed by atoms with Gasteiger partial charge in [0.2, 0.25) is 0 Å². The first-order valence-corrected chi connectivity index (χ1v) is 7.37. The van der Waals surface area contributed by atoms with Crippen molar-refractivity contribution in [2.45, 2.75) is 13.5 Å². The molecule has 0 fully saturated rings. The molecule has 0 radical (unpaired) electrons. The maximum Gasteiger partial charge on any atom is 0.176 e. The molecule has 2 rings (SSSR count). The van der Waals surface area contributed by atoms with Crippen LogP contribution in [0.1, 0.15) is 22.8 Å². The molecule has 0 heterocycles. The van der Waals surface area contributed by atoms with Gasteiger partial charge in [0, 0.05) is 12.1 Å². The summed E-state index contributed by atoms with van der Waals surface area (Å²) in [4.78, 5) is 14.5. The summed E-state index contributed by atoms with van der Waals surface area (Å²) >= 11 is 0. The van der Waals surface area contributed by atoms with E-state index < -0.39 is 0 Å². The number of ether oxygens (including phenoxy) is 1. The normalized spacial score (nSPS) is 10.7. The van der Waals surface area contributed by atoms with Crippen LogP contribution in [0.4, 0.5) is 5.69 Å². The lowest BCUT2D eigenvalue weighted by atomic mass is 10.1. The van der Waals surface area contributed by atoms with Crippen molar-refractivity contribution in [2.75, 3.05) is 25.9 Å². The zero-order valence-electron chi connectivity index (χ0n) is 13.1. The van der Waals surface area contributed by atoms with Crippen LogP contribution in [0.2, 0.25) is 0 Å². The van der Waals surface area contributed by atoms with Gasteiger partial charge in [0.1, 0.15) is 5.75 Å². The van der Waals surface area contributed by atoms with Crippen LogP contribution in [0, 0.1) is 0 Å². The first kappa shape index (κ1) is 16.0. The number of nitrogens with two attached hydrogens (primary N) is 1. The van der Waals surface area contributed by atoms with Gasteiger partial charge in [0.05, 0.1) is 19.3 Å². The molecule has 2 N–H and O–H groups in total. The Bertz CT molecular complexity index is 626. The maximum absolute atomic E-state index is 12.4. The average Bonchev–Trinajstić information content (AvgIpc) is 2.55. The van der Waals surface area contributed by atoms with Crippen LogP contribution >= 0.6 is 0 Å². The van der Waals surface area contributed by atoms with Gasteiger partial charge in [-0.3, -0.25) is 9.69 Å². The van der Waals surface area contributed by atoms with Crippen LogP contribution in [0.15, 0.2) is 48.5 Å². The van der Waals surface area contributed by atoms with Gasteiger partial charge in [-0.1, -0.05) is 37.3 Å². The lowest BCUT2D eigenvalue weighted by molar-refractivity contribution is 0.0929. The zero-order valence-corrected chi connectivity index (χ0v) is 13.1. The molecule has 2 aromatic rings. The molecule has 0 spiro atoms. The fourth-order valence-electron chi connectivity index (χ4n) is 2.32. The smallest absolute Gasteiger partial charge is 0.176 e. The Hall–Kier alpha value is -2.33. The summed E-state index contributed by atoms with van der Waals surface area (Å²) in [6, 6.07) is 15.3. The van der Waals surface area contributed by atoms with Crippen molar-refractivity contribution in [3.63, 3.8) is 0 Å². The lowest BCUT2D eigenvalue weighted by Crippen LogP contribution is -2.29. The van der Waals surface area contributed by atoms with E-state index in [0.717, 1.165) is 13.1 Å². The molecule has 116 valence electrons. The predicted octanol–water partition coefficient (Wildman–Crippen LogP) is 2.98. The molecule has 2 aromatic carbocycles. The molecule has 4 heteroatoms. The van der Waals surface area contributed by atoms with E-state index in [1.54, 1.807) is 25.3 Å². The molecule has 0 saturated carbocycles. The number of ketones is 1. The molecule has 0 aromatic heterocycles. The Labute approximate surface area is 131 Å². The van der Waals surface area contributed by atoms with Gasteiger partial charge >= 0.3 is 0 Å². The molecule has 0 unspecified atom stereocenters. The molecule has 0 bridgehead atoms. The van der Waals surface area contributed by atoms with Crippen molar-refractivity contribution >= 4 is 11.5 Å². The average molecular weight is 298 g/mol. The van der Waals surface area contributed by atoms with Gasteiger partial charge in [0.25, 0.3) is 0 Å². The van der Waals surface area contributed by atoms with Crippen LogP contribution in [0.5, 0.6) is 5.75 Å². The van der Waals surface area contributed by atoms with Gasteiger partial charge in [-0.2, -0.15) is 0 Å². The van der Waals surface area contributed by atoms with Crippen molar-refractivity contribution < 1.29 is 9.53 Å². The number of likely N-dealkylation sites (N-methyl/N-ethyl adjacent to an activating group) is 1. The Morgan fingerprint density at radius 3 is 2.50 bits per heavy atom. The minimum Gasteiger partial charge on any atom is -0.495 e. The number of benzene rings is 2. The fourth-order valence-corrected chi connectivity index (χ4v) is 2.32. The third-order valence-corrected chi connectivity index (χ3v) is 3.62. The van der Waals surface area contributed by atoms with Crippen molar-refractivity contribution in [3.8, 4) is 5.75 Å². The highest BCUT2D eigenvalue weighted by molar-refractivity contribution is 5.98. The summed E-state index contributed by atoms with van der Waals surface area (Å²) in [5.74, 6) is 0.653. The molecule has 0 aliphatic rings. The molecule has 22 heavy (non-hydrogen) atoms. The summed E-state index contributed by atoms with van der Waals surface area (Å²) in [5.41, 5.74) is 8.17. The highest BCUT2D eigenvalue weighted by Gasteiger charge is 2.13. The van der Waals surface area contributed by atoms with Crippen LogP contribution in [-0.4, -0.2) is 30.9 Å². The maximum atomic E-state index is 12.4. The summed E-state index contributed by atoms with van der Waals surface area (Å²) in [6.45, 7) is 4.00. The highest BCUT2D eigenvalue weighted by Crippen LogP contribution is 2.22. The van der Waals surface area contributed by atoms with E-state index in [-0.39, 0.29) is 5.78 Å². The Balaban J connectivity index is 2.04. The quantitative estimate of drug-likeness (QED) is 0.630. The molecule has 0 amide bonds.